The topological polar surface area (TPSA) is 53.4 Å². The van der Waals surface area contributed by atoms with Gasteiger partial charge in [0.05, 0.1) is 11.3 Å². The molecule has 0 bridgehead atoms. The summed E-state index contributed by atoms with van der Waals surface area (Å²) in [4.78, 5) is 17.3. The van der Waals surface area contributed by atoms with Crippen molar-refractivity contribution in [1.82, 2.24) is 20.0 Å². The van der Waals surface area contributed by atoms with E-state index in [4.69, 9.17) is 5.10 Å². The number of aromatic nitrogens is 2. The maximum Gasteiger partial charge on any atom is 0.416 e. The Kier molecular flexibility index (Phi) is 7.20. The number of aryl methyl sites for hydroxylation is 2. The molecule has 39 heavy (non-hydrogen) atoms. The van der Waals surface area contributed by atoms with Crippen molar-refractivity contribution < 1.29 is 18.0 Å². The van der Waals surface area contributed by atoms with Gasteiger partial charge < -0.3 is 15.1 Å². The molecular formula is C30H34F3N5O. The number of rotatable bonds is 6. The molecule has 6 nitrogen and oxygen atoms in total. The van der Waals surface area contributed by atoms with Crippen LogP contribution in [0.1, 0.15) is 48.1 Å². The molecule has 0 saturated carbocycles. The number of para-hydroxylation sites is 1. The number of hydrogen-bond acceptors (Lipinski definition) is 4. The van der Waals surface area contributed by atoms with Gasteiger partial charge in [-0.05, 0) is 56.0 Å². The summed E-state index contributed by atoms with van der Waals surface area (Å²) in [6, 6.07) is 13.9. The molecule has 3 aromatic rings. The summed E-state index contributed by atoms with van der Waals surface area (Å²) >= 11 is 0. The number of fused-ring (bicyclic) bond motifs is 2. The van der Waals surface area contributed by atoms with Crippen molar-refractivity contribution >= 4 is 11.6 Å². The molecule has 1 aromatic heterocycles. The van der Waals surface area contributed by atoms with Crippen molar-refractivity contribution in [2.24, 2.45) is 0 Å². The lowest BCUT2D eigenvalue weighted by molar-refractivity contribution is -0.137. The molecule has 0 spiro atoms. The number of hydrogen-bond donors (Lipinski definition) is 1. The second-order valence-electron chi connectivity index (χ2n) is 10.8. The molecule has 4 heterocycles. The highest BCUT2D eigenvalue weighted by atomic mass is 19.4. The zero-order valence-corrected chi connectivity index (χ0v) is 22.0. The molecule has 0 aliphatic carbocycles. The number of carbonyl (C=O) groups is 1. The van der Waals surface area contributed by atoms with E-state index in [0.29, 0.717) is 13.0 Å². The molecule has 1 fully saturated rings. The number of nitrogens with one attached hydrogen (secondary N) is 1. The SMILES string of the molecule is O=C1CCc2ccccc2N1C1CCN(CCCn2nc(-c3ccc(C(F)(F)F)cc3)c3c2CCNC3)CC1. The second kappa shape index (κ2) is 10.8. The van der Waals surface area contributed by atoms with Crippen molar-refractivity contribution in [2.75, 3.05) is 31.1 Å². The normalized spacial score (nSPS) is 18.7. The Labute approximate surface area is 226 Å². The van der Waals surface area contributed by atoms with Crippen LogP contribution in [0.5, 0.6) is 0 Å². The van der Waals surface area contributed by atoms with Gasteiger partial charge in [-0.1, -0.05) is 30.3 Å². The van der Waals surface area contributed by atoms with E-state index < -0.39 is 11.7 Å². The van der Waals surface area contributed by atoms with E-state index in [2.05, 4.69) is 38.0 Å². The van der Waals surface area contributed by atoms with Gasteiger partial charge >= 0.3 is 6.18 Å². The van der Waals surface area contributed by atoms with Gasteiger partial charge in [-0.2, -0.15) is 18.3 Å². The summed E-state index contributed by atoms with van der Waals surface area (Å²) in [5.41, 5.74) is 5.49. The first-order valence-electron chi connectivity index (χ1n) is 14.0. The van der Waals surface area contributed by atoms with Crippen molar-refractivity contribution in [2.45, 2.75) is 63.8 Å². The highest BCUT2D eigenvalue weighted by molar-refractivity contribution is 5.97. The van der Waals surface area contributed by atoms with E-state index in [1.807, 2.05) is 6.07 Å². The molecule has 6 rings (SSSR count). The van der Waals surface area contributed by atoms with Gasteiger partial charge in [0.25, 0.3) is 0 Å². The Bertz CT molecular complexity index is 1330. The number of halogens is 3. The predicted molar refractivity (Wildman–Crippen MR) is 144 cm³/mol. The summed E-state index contributed by atoms with van der Waals surface area (Å²) in [6.07, 6.45) is 0.834. The third-order valence-electron chi connectivity index (χ3n) is 8.39. The Morgan fingerprint density at radius 3 is 2.49 bits per heavy atom. The van der Waals surface area contributed by atoms with Crippen LogP contribution in [0.3, 0.4) is 0 Å². The molecule has 0 radical (unpaired) electrons. The molecule has 3 aliphatic heterocycles. The number of piperidine rings is 1. The second-order valence-corrected chi connectivity index (χ2v) is 10.8. The summed E-state index contributed by atoms with van der Waals surface area (Å²) in [6.45, 7) is 5.22. The lowest BCUT2D eigenvalue weighted by Crippen LogP contribution is -2.49. The van der Waals surface area contributed by atoms with E-state index >= 15 is 0 Å². The fourth-order valence-corrected chi connectivity index (χ4v) is 6.35. The highest BCUT2D eigenvalue weighted by Crippen LogP contribution is 2.34. The number of amides is 1. The van der Waals surface area contributed by atoms with Crippen LogP contribution in [0.25, 0.3) is 11.3 Å². The van der Waals surface area contributed by atoms with Crippen molar-refractivity contribution in [1.29, 1.82) is 0 Å². The number of carbonyl (C=O) groups excluding carboxylic acids is 1. The lowest BCUT2D eigenvalue weighted by Gasteiger charge is -2.41. The van der Waals surface area contributed by atoms with Crippen LogP contribution < -0.4 is 10.2 Å². The summed E-state index contributed by atoms with van der Waals surface area (Å²) in [7, 11) is 0. The molecule has 3 aliphatic rings. The molecule has 1 amide bonds. The lowest BCUT2D eigenvalue weighted by atomic mass is 9.95. The molecule has 206 valence electrons. The number of likely N-dealkylation sites (tertiary alicyclic amines) is 1. The van der Waals surface area contributed by atoms with Crippen LogP contribution in [-0.4, -0.2) is 52.8 Å². The van der Waals surface area contributed by atoms with E-state index in [1.54, 1.807) is 0 Å². The quantitative estimate of drug-likeness (QED) is 0.478. The minimum absolute atomic E-state index is 0.244. The first kappa shape index (κ1) is 26.1. The fourth-order valence-electron chi connectivity index (χ4n) is 6.35. The predicted octanol–water partition coefficient (Wildman–Crippen LogP) is 5.05. The van der Waals surface area contributed by atoms with Gasteiger partial charge in [-0.15, -0.1) is 0 Å². The maximum absolute atomic E-state index is 13.0. The summed E-state index contributed by atoms with van der Waals surface area (Å²) < 4.78 is 41.2. The smallest absolute Gasteiger partial charge is 0.312 e. The van der Waals surface area contributed by atoms with Crippen molar-refractivity contribution in [3.05, 3.63) is 70.9 Å². The van der Waals surface area contributed by atoms with Gasteiger partial charge in [-0.25, -0.2) is 0 Å². The Hall–Kier alpha value is -3.17. The minimum Gasteiger partial charge on any atom is -0.312 e. The Morgan fingerprint density at radius 1 is 0.949 bits per heavy atom. The minimum atomic E-state index is -4.35. The van der Waals surface area contributed by atoms with Gasteiger partial charge in [0.2, 0.25) is 5.91 Å². The van der Waals surface area contributed by atoms with E-state index in [-0.39, 0.29) is 11.9 Å². The summed E-state index contributed by atoms with van der Waals surface area (Å²) in [5, 5.41) is 8.25. The molecule has 1 N–H and O–H groups in total. The first-order chi connectivity index (χ1) is 18.9. The third-order valence-corrected chi connectivity index (χ3v) is 8.39. The molecule has 0 unspecified atom stereocenters. The monoisotopic (exact) mass is 537 g/mol. The molecule has 1 saturated heterocycles. The van der Waals surface area contributed by atoms with Crippen LogP contribution in [0, 0.1) is 0 Å². The van der Waals surface area contributed by atoms with Crippen LogP contribution in [0.2, 0.25) is 0 Å². The fraction of sp³-hybridized carbons (Fsp3) is 0.467. The maximum atomic E-state index is 13.0. The zero-order valence-electron chi connectivity index (χ0n) is 22.0. The zero-order chi connectivity index (χ0) is 27.0. The van der Waals surface area contributed by atoms with Gasteiger partial charge in [-0.3, -0.25) is 9.48 Å². The van der Waals surface area contributed by atoms with E-state index in [1.165, 1.54) is 23.4 Å². The number of anilines is 1. The standard InChI is InChI=1S/C30H34F3N5O/c31-30(32,33)23-9-6-22(7-10-23)29-25-20-34-15-12-27(25)37(35-29)17-3-16-36-18-13-24(14-19-36)38-26-5-2-1-4-21(26)8-11-28(38)39/h1-2,4-7,9-10,24,34H,3,8,11-20H2. The number of benzene rings is 2. The van der Waals surface area contributed by atoms with E-state index in [0.717, 1.165) is 99.5 Å². The largest absolute Gasteiger partial charge is 0.416 e. The average Bonchev–Trinajstić information content (AvgIpc) is 3.32. The number of nitrogens with zero attached hydrogens (tertiary/aromatic N) is 4. The van der Waals surface area contributed by atoms with Crippen LogP contribution in [0.4, 0.5) is 18.9 Å². The highest BCUT2D eigenvalue weighted by Gasteiger charge is 2.33. The molecular weight excluding hydrogens is 503 g/mol. The van der Waals surface area contributed by atoms with E-state index in [9.17, 15) is 18.0 Å². The van der Waals surface area contributed by atoms with Crippen LogP contribution in [0.15, 0.2) is 48.5 Å². The Morgan fingerprint density at radius 2 is 1.72 bits per heavy atom. The molecule has 2 aromatic carbocycles. The first-order valence-corrected chi connectivity index (χ1v) is 14.0. The number of alkyl halides is 3. The van der Waals surface area contributed by atoms with Crippen molar-refractivity contribution in [3.8, 4) is 11.3 Å². The van der Waals surface area contributed by atoms with Gasteiger partial charge in [0, 0.05) is 74.1 Å². The van der Waals surface area contributed by atoms with Gasteiger partial charge in [0.15, 0.2) is 0 Å². The third kappa shape index (κ3) is 5.34. The summed E-state index contributed by atoms with van der Waals surface area (Å²) in [5.74, 6) is 0.244. The van der Waals surface area contributed by atoms with Crippen LogP contribution in [-0.2, 0) is 36.9 Å². The van der Waals surface area contributed by atoms with Crippen LogP contribution >= 0.6 is 0 Å². The average molecular weight is 538 g/mol. The van der Waals surface area contributed by atoms with Crippen molar-refractivity contribution in [3.63, 3.8) is 0 Å². The molecule has 9 heteroatoms. The Balaban J connectivity index is 1.07. The molecule has 0 atom stereocenters. The van der Waals surface area contributed by atoms with Gasteiger partial charge in [0.1, 0.15) is 0 Å².